The highest BCUT2D eigenvalue weighted by atomic mass is 15.2. The molecule has 1 heterocycles. The van der Waals surface area contributed by atoms with Gasteiger partial charge in [-0.2, -0.15) is 0 Å². The van der Waals surface area contributed by atoms with Crippen LogP contribution in [-0.4, -0.2) is 40.5 Å². The molecule has 108 valence electrons. The van der Waals surface area contributed by atoms with E-state index in [0.717, 1.165) is 31.6 Å². The Hall–Kier alpha value is -1.00. The molecule has 4 nitrogen and oxygen atoms in total. The Balaban J connectivity index is 3.21. The lowest BCUT2D eigenvalue weighted by Gasteiger charge is -2.47. The van der Waals surface area contributed by atoms with E-state index >= 15 is 0 Å². The molecular weight excluding hydrogens is 236 g/mol. The van der Waals surface area contributed by atoms with Crippen molar-refractivity contribution >= 4 is 0 Å². The molecule has 19 heavy (non-hydrogen) atoms. The van der Waals surface area contributed by atoms with Crippen LogP contribution < -0.4 is 5.32 Å². The molecule has 1 atom stereocenters. The summed E-state index contributed by atoms with van der Waals surface area (Å²) in [5.74, 6) is 0. The second kappa shape index (κ2) is 7.56. The molecule has 0 radical (unpaired) electrons. The van der Waals surface area contributed by atoms with Crippen molar-refractivity contribution < 1.29 is 0 Å². The van der Waals surface area contributed by atoms with Crippen LogP contribution in [0.2, 0.25) is 0 Å². The predicted octanol–water partition coefficient (Wildman–Crippen LogP) is 2.64. The third-order valence-electron chi connectivity index (χ3n) is 4.32. The summed E-state index contributed by atoms with van der Waals surface area (Å²) in [5.41, 5.74) is 1.12. The summed E-state index contributed by atoms with van der Waals surface area (Å²) in [7, 11) is 2.02. The van der Waals surface area contributed by atoms with Gasteiger partial charge in [-0.05, 0) is 33.0 Å². The second-order valence-corrected chi connectivity index (χ2v) is 4.83. The van der Waals surface area contributed by atoms with E-state index in [4.69, 9.17) is 0 Å². The number of hydrogen-bond donors (Lipinski definition) is 1. The SMILES string of the molecule is CCN(CC)C(CC)(CC)C(NC)c1cnccn1. The third kappa shape index (κ3) is 3.12. The lowest BCUT2D eigenvalue weighted by atomic mass is 9.81. The Morgan fingerprint density at radius 1 is 1.16 bits per heavy atom. The van der Waals surface area contributed by atoms with Crippen LogP contribution in [0, 0.1) is 0 Å². The standard InChI is InChI=1S/C15H28N4/c1-6-15(7-2,19(8-3)9-4)14(16-5)13-12-17-10-11-18-13/h10-12,14,16H,6-9H2,1-5H3. The molecule has 0 aliphatic carbocycles. The largest absolute Gasteiger partial charge is 0.310 e. The van der Waals surface area contributed by atoms with Crippen LogP contribution in [0.4, 0.5) is 0 Å². The van der Waals surface area contributed by atoms with Gasteiger partial charge in [0, 0.05) is 17.9 Å². The number of nitrogens with zero attached hydrogens (tertiary/aromatic N) is 3. The minimum atomic E-state index is 0.0916. The lowest BCUT2D eigenvalue weighted by Crippen LogP contribution is -2.55. The topological polar surface area (TPSA) is 41.0 Å². The van der Waals surface area contributed by atoms with E-state index in [9.17, 15) is 0 Å². The van der Waals surface area contributed by atoms with Gasteiger partial charge in [0.1, 0.15) is 0 Å². The van der Waals surface area contributed by atoms with Gasteiger partial charge in [0.25, 0.3) is 0 Å². The molecule has 1 aromatic heterocycles. The van der Waals surface area contributed by atoms with Crippen LogP contribution >= 0.6 is 0 Å². The van der Waals surface area contributed by atoms with Gasteiger partial charge >= 0.3 is 0 Å². The molecule has 0 saturated heterocycles. The van der Waals surface area contributed by atoms with E-state index in [1.807, 2.05) is 13.2 Å². The van der Waals surface area contributed by atoms with Crippen molar-refractivity contribution in [2.24, 2.45) is 0 Å². The first-order valence-corrected chi connectivity index (χ1v) is 7.38. The number of nitrogens with one attached hydrogen (secondary N) is 1. The van der Waals surface area contributed by atoms with Crippen molar-refractivity contribution in [2.45, 2.75) is 52.1 Å². The van der Waals surface area contributed by atoms with Crippen LogP contribution in [0.25, 0.3) is 0 Å². The molecular formula is C15H28N4. The van der Waals surface area contributed by atoms with Crippen LogP contribution in [-0.2, 0) is 0 Å². The lowest BCUT2D eigenvalue weighted by molar-refractivity contribution is 0.0499. The molecule has 0 bridgehead atoms. The van der Waals surface area contributed by atoms with Crippen LogP contribution in [0.1, 0.15) is 52.3 Å². The van der Waals surface area contributed by atoms with Gasteiger partial charge in [0.15, 0.2) is 0 Å². The van der Waals surface area contributed by atoms with Crippen molar-refractivity contribution in [3.63, 3.8) is 0 Å². The molecule has 0 aliphatic rings. The normalized spacial score (nSPS) is 13.8. The summed E-state index contributed by atoms with van der Waals surface area (Å²) in [6.07, 6.45) is 7.57. The Bertz CT molecular complexity index is 344. The van der Waals surface area contributed by atoms with E-state index < -0.39 is 0 Å². The Labute approximate surface area is 117 Å². The van der Waals surface area contributed by atoms with Crippen molar-refractivity contribution in [1.82, 2.24) is 20.2 Å². The van der Waals surface area contributed by atoms with Crippen LogP contribution in [0.15, 0.2) is 18.6 Å². The minimum absolute atomic E-state index is 0.0916. The maximum Gasteiger partial charge on any atom is 0.0774 e. The molecule has 0 spiro atoms. The Morgan fingerprint density at radius 3 is 2.16 bits per heavy atom. The quantitative estimate of drug-likeness (QED) is 0.783. The summed E-state index contributed by atoms with van der Waals surface area (Å²) in [5, 5.41) is 3.47. The molecule has 1 aromatic rings. The first-order valence-electron chi connectivity index (χ1n) is 7.38. The zero-order valence-corrected chi connectivity index (χ0v) is 13.0. The summed E-state index contributed by atoms with van der Waals surface area (Å²) >= 11 is 0. The van der Waals surface area contributed by atoms with Gasteiger partial charge in [-0.15, -0.1) is 0 Å². The first-order chi connectivity index (χ1) is 9.19. The summed E-state index contributed by atoms with van der Waals surface area (Å²) in [4.78, 5) is 11.3. The molecule has 1 N–H and O–H groups in total. The average molecular weight is 264 g/mol. The fraction of sp³-hybridized carbons (Fsp3) is 0.733. The first kappa shape index (κ1) is 16.1. The molecule has 1 rings (SSSR count). The van der Waals surface area contributed by atoms with Gasteiger partial charge < -0.3 is 5.32 Å². The fourth-order valence-electron chi connectivity index (χ4n) is 3.29. The number of rotatable bonds is 8. The molecule has 0 saturated carbocycles. The zero-order chi connectivity index (χ0) is 14.3. The van der Waals surface area contributed by atoms with Gasteiger partial charge in [0.05, 0.1) is 17.9 Å². The molecule has 0 amide bonds. The van der Waals surface area contributed by atoms with Gasteiger partial charge in [-0.25, -0.2) is 0 Å². The second-order valence-electron chi connectivity index (χ2n) is 4.83. The van der Waals surface area contributed by atoms with E-state index in [1.54, 1.807) is 12.4 Å². The van der Waals surface area contributed by atoms with Crippen LogP contribution in [0.3, 0.4) is 0 Å². The molecule has 1 unspecified atom stereocenters. The van der Waals surface area contributed by atoms with Gasteiger partial charge in [0.2, 0.25) is 0 Å². The maximum atomic E-state index is 4.51. The summed E-state index contributed by atoms with van der Waals surface area (Å²) in [6.45, 7) is 11.1. The van der Waals surface area contributed by atoms with Crippen molar-refractivity contribution in [1.29, 1.82) is 0 Å². The van der Waals surface area contributed by atoms with Crippen molar-refractivity contribution in [3.05, 3.63) is 24.3 Å². The van der Waals surface area contributed by atoms with E-state index in [1.165, 1.54) is 0 Å². The highest BCUT2D eigenvalue weighted by Crippen LogP contribution is 2.36. The Morgan fingerprint density at radius 2 is 1.79 bits per heavy atom. The highest BCUT2D eigenvalue weighted by Gasteiger charge is 2.40. The smallest absolute Gasteiger partial charge is 0.0774 e. The Kier molecular flexibility index (Phi) is 6.38. The maximum absolute atomic E-state index is 4.51. The molecule has 4 heteroatoms. The summed E-state index contributed by atoms with van der Waals surface area (Å²) in [6, 6.07) is 0.205. The fourth-order valence-corrected chi connectivity index (χ4v) is 3.29. The van der Waals surface area contributed by atoms with Crippen LogP contribution in [0.5, 0.6) is 0 Å². The number of likely N-dealkylation sites (N-methyl/N-ethyl adjacent to an activating group) is 2. The average Bonchev–Trinajstić information content (AvgIpc) is 2.48. The minimum Gasteiger partial charge on any atom is -0.310 e. The van der Waals surface area contributed by atoms with Crippen molar-refractivity contribution in [3.8, 4) is 0 Å². The summed E-state index contributed by atoms with van der Waals surface area (Å²) < 4.78 is 0. The van der Waals surface area contributed by atoms with Gasteiger partial charge in [-0.1, -0.05) is 27.7 Å². The van der Waals surface area contributed by atoms with E-state index in [-0.39, 0.29) is 11.6 Å². The zero-order valence-electron chi connectivity index (χ0n) is 13.0. The predicted molar refractivity (Wildman–Crippen MR) is 80.1 cm³/mol. The molecule has 0 fully saturated rings. The van der Waals surface area contributed by atoms with Gasteiger partial charge in [-0.3, -0.25) is 14.9 Å². The molecule has 0 aliphatic heterocycles. The number of hydrogen-bond acceptors (Lipinski definition) is 4. The van der Waals surface area contributed by atoms with Crippen molar-refractivity contribution in [2.75, 3.05) is 20.1 Å². The van der Waals surface area contributed by atoms with E-state index in [2.05, 4.69) is 47.9 Å². The monoisotopic (exact) mass is 264 g/mol. The number of aromatic nitrogens is 2. The highest BCUT2D eigenvalue weighted by molar-refractivity contribution is 5.12. The van der Waals surface area contributed by atoms with E-state index in [0.29, 0.717) is 0 Å². The molecule has 0 aromatic carbocycles. The third-order valence-corrected chi connectivity index (χ3v) is 4.32.